The summed E-state index contributed by atoms with van der Waals surface area (Å²) in [4.78, 5) is 23.3. The molecular weight excluding hydrogens is 376 g/mol. The minimum absolute atomic E-state index is 0.126. The smallest absolute Gasteiger partial charge is 0.330 e. The van der Waals surface area contributed by atoms with Gasteiger partial charge in [0.15, 0.2) is 0 Å². The van der Waals surface area contributed by atoms with Crippen molar-refractivity contribution in [1.82, 2.24) is 0 Å². The fraction of sp³-hybridized carbons (Fsp3) is 0.182. The maximum Gasteiger partial charge on any atom is 0.330 e. The normalized spacial score (nSPS) is 12.1. The van der Waals surface area contributed by atoms with E-state index >= 15 is 0 Å². The van der Waals surface area contributed by atoms with Crippen LogP contribution in [0, 0.1) is 0 Å². The zero-order chi connectivity index (χ0) is 21.1. The minimum Gasteiger partial charge on any atom is -0.508 e. The molecule has 0 aliphatic rings. The second-order valence-corrected chi connectivity index (χ2v) is 5.95. The quantitative estimate of drug-likeness (QED) is 0.494. The van der Waals surface area contributed by atoms with E-state index in [1.165, 1.54) is 30.4 Å². The lowest BCUT2D eigenvalue weighted by molar-refractivity contribution is -0.146. The highest BCUT2D eigenvalue weighted by Gasteiger charge is 2.09. The number of methoxy groups -OCH3 is 1. The third kappa shape index (κ3) is 8.32. The molecule has 7 heteroatoms. The molecule has 2 aromatic rings. The van der Waals surface area contributed by atoms with Crippen LogP contribution in [-0.2, 0) is 19.1 Å². The van der Waals surface area contributed by atoms with Gasteiger partial charge < -0.3 is 24.4 Å². The number of phenols is 1. The van der Waals surface area contributed by atoms with Gasteiger partial charge in [0.25, 0.3) is 0 Å². The van der Waals surface area contributed by atoms with E-state index in [0.29, 0.717) is 11.3 Å². The second-order valence-electron chi connectivity index (χ2n) is 5.95. The number of benzene rings is 2. The van der Waals surface area contributed by atoms with E-state index in [1.807, 2.05) is 0 Å². The van der Waals surface area contributed by atoms with Gasteiger partial charge in [-0.1, -0.05) is 24.3 Å². The molecule has 1 atom stereocenters. The first kappa shape index (κ1) is 21.7. The van der Waals surface area contributed by atoms with Crippen molar-refractivity contribution in [2.75, 3.05) is 20.3 Å². The maximum atomic E-state index is 11.7. The van der Waals surface area contributed by atoms with Crippen LogP contribution < -0.4 is 4.74 Å². The van der Waals surface area contributed by atoms with Gasteiger partial charge in [0.1, 0.15) is 30.8 Å². The summed E-state index contributed by atoms with van der Waals surface area (Å²) in [5.41, 5.74) is 1.50. The molecule has 2 rings (SSSR count). The van der Waals surface area contributed by atoms with E-state index in [9.17, 15) is 19.8 Å². The van der Waals surface area contributed by atoms with Crippen LogP contribution in [0.4, 0.5) is 0 Å². The van der Waals surface area contributed by atoms with Crippen molar-refractivity contribution in [3.8, 4) is 11.5 Å². The van der Waals surface area contributed by atoms with E-state index in [0.717, 1.165) is 5.56 Å². The average Bonchev–Trinajstić information content (AvgIpc) is 2.74. The highest BCUT2D eigenvalue weighted by atomic mass is 16.6. The molecule has 0 unspecified atom stereocenters. The SMILES string of the molecule is COc1ccc(/C=C/C(=O)OC[C@H](O)COC(=O)/C=C/c2ccc(O)cc2)cc1. The van der Waals surface area contributed by atoms with Gasteiger partial charge in [0.2, 0.25) is 0 Å². The Bertz CT molecular complexity index is 852. The summed E-state index contributed by atoms with van der Waals surface area (Å²) < 4.78 is 14.8. The summed E-state index contributed by atoms with van der Waals surface area (Å²) in [6, 6.07) is 13.3. The maximum absolute atomic E-state index is 11.7. The van der Waals surface area contributed by atoms with Gasteiger partial charge in [-0.3, -0.25) is 0 Å². The van der Waals surface area contributed by atoms with Gasteiger partial charge >= 0.3 is 11.9 Å². The third-order valence-corrected chi connectivity index (χ3v) is 3.67. The van der Waals surface area contributed by atoms with Gasteiger partial charge in [0, 0.05) is 12.2 Å². The van der Waals surface area contributed by atoms with Gasteiger partial charge in [-0.25, -0.2) is 9.59 Å². The molecule has 29 heavy (non-hydrogen) atoms. The molecule has 0 amide bonds. The number of aromatic hydroxyl groups is 1. The number of ether oxygens (including phenoxy) is 3. The van der Waals surface area contributed by atoms with Crippen LogP contribution in [0.3, 0.4) is 0 Å². The number of hydrogen-bond acceptors (Lipinski definition) is 7. The van der Waals surface area contributed by atoms with Crippen molar-refractivity contribution in [3.05, 3.63) is 71.8 Å². The Morgan fingerprint density at radius 3 is 1.76 bits per heavy atom. The van der Waals surface area contributed by atoms with E-state index in [-0.39, 0.29) is 19.0 Å². The average molecular weight is 398 g/mol. The summed E-state index contributed by atoms with van der Waals surface area (Å²) in [5, 5.41) is 19.0. The van der Waals surface area contributed by atoms with Crippen LogP contribution in [-0.4, -0.2) is 48.6 Å². The van der Waals surface area contributed by atoms with Gasteiger partial charge in [0.05, 0.1) is 7.11 Å². The number of carbonyl (C=O) groups is 2. The third-order valence-electron chi connectivity index (χ3n) is 3.67. The molecule has 2 N–H and O–H groups in total. The molecule has 0 aliphatic heterocycles. The Hall–Kier alpha value is -3.58. The largest absolute Gasteiger partial charge is 0.508 e. The first-order valence-electron chi connectivity index (χ1n) is 8.77. The topological polar surface area (TPSA) is 102 Å². The number of aliphatic hydroxyl groups is 1. The fourth-order valence-electron chi connectivity index (χ4n) is 2.13. The zero-order valence-electron chi connectivity index (χ0n) is 15.9. The standard InChI is InChI=1S/C22H22O7/c1-27-20-10-4-17(5-11-20)7-13-22(26)29-15-19(24)14-28-21(25)12-6-16-2-8-18(23)9-3-16/h2-13,19,23-24H,14-15H2,1H3/b12-6+,13-7+/t19-/m1/s1. The molecule has 0 saturated carbocycles. The number of phenolic OH excluding ortho intramolecular Hbond substituents is 1. The van der Waals surface area contributed by atoms with E-state index in [4.69, 9.17) is 14.2 Å². The predicted octanol–water partition coefficient (Wildman–Crippen LogP) is 2.57. The fourth-order valence-corrected chi connectivity index (χ4v) is 2.13. The highest BCUT2D eigenvalue weighted by Crippen LogP contribution is 2.12. The first-order valence-corrected chi connectivity index (χ1v) is 8.77. The molecule has 0 fully saturated rings. The van der Waals surface area contributed by atoms with Crippen LogP contribution in [0.15, 0.2) is 60.7 Å². The molecule has 0 aliphatic carbocycles. The van der Waals surface area contributed by atoms with Crippen LogP contribution in [0.5, 0.6) is 11.5 Å². The monoisotopic (exact) mass is 398 g/mol. The van der Waals surface area contributed by atoms with E-state index in [1.54, 1.807) is 49.6 Å². The lowest BCUT2D eigenvalue weighted by atomic mass is 10.2. The molecule has 7 nitrogen and oxygen atoms in total. The van der Waals surface area contributed by atoms with Crippen molar-refractivity contribution in [2.45, 2.75) is 6.10 Å². The van der Waals surface area contributed by atoms with Crippen molar-refractivity contribution < 1.29 is 34.0 Å². The Labute approximate surface area is 168 Å². The molecule has 0 spiro atoms. The number of esters is 2. The Morgan fingerprint density at radius 2 is 1.31 bits per heavy atom. The Balaban J connectivity index is 1.68. The van der Waals surface area contributed by atoms with E-state index < -0.39 is 18.0 Å². The van der Waals surface area contributed by atoms with E-state index in [2.05, 4.69) is 0 Å². The Morgan fingerprint density at radius 1 is 0.862 bits per heavy atom. The molecular formula is C22H22O7. The van der Waals surface area contributed by atoms with Crippen LogP contribution in [0.2, 0.25) is 0 Å². The van der Waals surface area contributed by atoms with Crippen molar-refractivity contribution in [3.63, 3.8) is 0 Å². The van der Waals surface area contributed by atoms with Gasteiger partial charge in [-0.2, -0.15) is 0 Å². The van der Waals surface area contributed by atoms with Crippen molar-refractivity contribution in [2.24, 2.45) is 0 Å². The number of rotatable bonds is 9. The highest BCUT2D eigenvalue weighted by molar-refractivity contribution is 5.87. The minimum atomic E-state index is -1.14. The van der Waals surface area contributed by atoms with Crippen LogP contribution in [0.25, 0.3) is 12.2 Å². The summed E-state index contributed by atoms with van der Waals surface area (Å²) in [7, 11) is 1.57. The molecule has 0 heterocycles. The molecule has 2 aromatic carbocycles. The molecule has 0 bridgehead atoms. The van der Waals surface area contributed by atoms with Crippen molar-refractivity contribution in [1.29, 1.82) is 0 Å². The summed E-state index contributed by atoms with van der Waals surface area (Å²) >= 11 is 0. The number of hydrogen-bond donors (Lipinski definition) is 2. The summed E-state index contributed by atoms with van der Waals surface area (Å²) in [6.07, 6.45) is 4.38. The number of aliphatic hydroxyl groups excluding tert-OH is 1. The molecule has 0 saturated heterocycles. The zero-order valence-corrected chi connectivity index (χ0v) is 15.9. The summed E-state index contributed by atoms with van der Waals surface area (Å²) in [5.74, 6) is -0.442. The molecule has 0 aromatic heterocycles. The molecule has 0 radical (unpaired) electrons. The lowest BCUT2D eigenvalue weighted by Crippen LogP contribution is -2.24. The summed E-state index contributed by atoms with van der Waals surface area (Å²) in [6.45, 7) is -0.616. The number of carbonyl (C=O) groups excluding carboxylic acids is 2. The first-order chi connectivity index (χ1) is 14.0. The van der Waals surface area contributed by atoms with Crippen LogP contribution in [0.1, 0.15) is 11.1 Å². The molecule has 152 valence electrons. The lowest BCUT2D eigenvalue weighted by Gasteiger charge is -2.10. The van der Waals surface area contributed by atoms with Gasteiger partial charge in [-0.05, 0) is 47.5 Å². The van der Waals surface area contributed by atoms with Gasteiger partial charge in [-0.15, -0.1) is 0 Å². The second kappa shape index (κ2) is 11.3. The Kier molecular flexibility index (Phi) is 8.47. The van der Waals surface area contributed by atoms with Crippen molar-refractivity contribution >= 4 is 24.1 Å². The predicted molar refractivity (Wildman–Crippen MR) is 107 cm³/mol. The van der Waals surface area contributed by atoms with Crippen LogP contribution >= 0.6 is 0 Å².